The van der Waals surface area contributed by atoms with Crippen LogP contribution in [0.4, 0.5) is 0 Å². The van der Waals surface area contributed by atoms with Gasteiger partial charge in [-0.05, 0) is 126 Å². The minimum atomic E-state index is 0.926. The van der Waals surface area contributed by atoms with Crippen LogP contribution in [0.15, 0.2) is 174 Å². The first kappa shape index (κ1) is 30.9. The molecule has 1 aliphatic carbocycles. The normalized spacial score (nSPS) is 12.7. The van der Waals surface area contributed by atoms with Crippen LogP contribution < -0.4 is 0 Å². The van der Waals surface area contributed by atoms with E-state index in [1.807, 2.05) is 6.07 Å². The summed E-state index contributed by atoms with van der Waals surface area (Å²) in [5.74, 6) is 0. The monoisotopic (exact) mass is 688 g/mol. The van der Waals surface area contributed by atoms with Gasteiger partial charge in [0.2, 0.25) is 0 Å². The van der Waals surface area contributed by atoms with Gasteiger partial charge in [-0.25, -0.2) is 0 Å². The van der Waals surface area contributed by atoms with Crippen molar-refractivity contribution < 1.29 is 4.42 Å². The molecule has 1 aromatic heterocycles. The summed E-state index contributed by atoms with van der Waals surface area (Å²) in [6.45, 7) is 2.19. The molecular formula is C53H36O. The van der Waals surface area contributed by atoms with Crippen molar-refractivity contribution in [2.45, 2.75) is 19.8 Å². The Labute approximate surface area is 314 Å². The zero-order valence-corrected chi connectivity index (χ0v) is 30.1. The Kier molecular flexibility index (Phi) is 6.97. The number of furan rings is 1. The van der Waals surface area contributed by atoms with Gasteiger partial charge in [-0.2, -0.15) is 0 Å². The highest BCUT2D eigenvalue weighted by molar-refractivity contribution is 6.19. The number of rotatable bonds is 4. The van der Waals surface area contributed by atoms with E-state index in [4.69, 9.17) is 4.42 Å². The molecule has 0 atom stereocenters. The average Bonchev–Trinajstić information content (AvgIpc) is 3.62. The van der Waals surface area contributed by atoms with Gasteiger partial charge in [0.1, 0.15) is 11.2 Å². The zero-order valence-electron chi connectivity index (χ0n) is 30.1. The van der Waals surface area contributed by atoms with Crippen molar-refractivity contribution in [1.29, 1.82) is 0 Å². The molecule has 0 aliphatic heterocycles. The van der Waals surface area contributed by atoms with Crippen molar-refractivity contribution in [3.8, 4) is 44.5 Å². The molecule has 0 saturated heterocycles. The summed E-state index contributed by atoms with van der Waals surface area (Å²) in [4.78, 5) is 0. The molecule has 0 radical (unpaired) electrons. The molecule has 10 aromatic rings. The van der Waals surface area contributed by atoms with Crippen LogP contribution in [0.1, 0.15) is 23.1 Å². The van der Waals surface area contributed by atoms with Crippen LogP contribution in [0.3, 0.4) is 0 Å². The summed E-state index contributed by atoms with van der Waals surface area (Å²) in [5.41, 5.74) is 16.1. The largest absolute Gasteiger partial charge is 0.455 e. The van der Waals surface area contributed by atoms with E-state index in [1.54, 1.807) is 0 Å². The van der Waals surface area contributed by atoms with Crippen molar-refractivity contribution in [3.63, 3.8) is 0 Å². The van der Waals surface area contributed by atoms with E-state index in [1.165, 1.54) is 88.1 Å². The SMILES string of the molecule is Cc1cccc2ccc(-c3ccc(-c4c5c(c(-c6ccc(-c7cc8c9ccccc9oc8c8ccccc78)cc6)c6ccccc46)CCC=C5)cc3)cc12. The van der Waals surface area contributed by atoms with Crippen molar-refractivity contribution in [2.24, 2.45) is 0 Å². The Morgan fingerprint density at radius 2 is 1.07 bits per heavy atom. The summed E-state index contributed by atoms with van der Waals surface area (Å²) in [6.07, 6.45) is 6.78. The molecular weight excluding hydrogens is 653 g/mol. The lowest BCUT2D eigenvalue weighted by atomic mass is 9.80. The maximum atomic E-state index is 6.41. The molecule has 1 heteroatoms. The molecule has 0 N–H and O–H groups in total. The van der Waals surface area contributed by atoms with Crippen LogP contribution >= 0.6 is 0 Å². The van der Waals surface area contributed by atoms with E-state index in [0.29, 0.717) is 0 Å². The van der Waals surface area contributed by atoms with Crippen LogP contribution in [0.5, 0.6) is 0 Å². The maximum Gasteiger partial charge on any atom is 0.143 e. The lowest BCUT2D eigenvalue weighted by Crippen LogP contribution is -2.02. The maximum absolute atomic E-state index is 6.41. The first-order valence-corrected chi connectivity index (χ1v) is 19.0. The topological polar surface area (TPSA) is 13.1 Å². The smallest absolute Gasteiger partial charge is 0.143 e. The van der Waals surface area contributed by atoms with Crippen molar-refractivity contribution in [1.82, 2.24) is 0 Å². The standard InChI is InChI=1S/C53H36O/c1-33-11-10-12-35-25-30-39(31-47(33)35)34-21-26-37(27-22-34)51-42-15-3-5-17-44(42)52(45-18-6-4-16-43(45)51)38-28-23-36(24-29-38)48-32-49-41-14-8-9-20-50(41)54-53(49)46-19-7-2-13-40(46)48/h2-5,7-17,19-32H,6,18H2,1H3. The number of para-hydroxylation sites is 1. The summed E-state index contributed by atoms with van der Waals surface area (Å²) in [5, 5.41) is 9.86. The van der Waals surface area contributed by atoms with E-state index >= 15 is 0 Å². The minimum Gasteiger partial charge on any atom is -0.455 e. The van der Waals surface area contributed by atoms with Gasteiger partial charge in [0.05, 0.1) is 0 Å². The van der Waals surface area contributed by atoms with Crippen molar-refractivity contribution in [3.05, 3.63) is 187 Å². The van der Waals surface area contributed by atoms with E-state index in [0.717, 1.165) is 40.2 Å². The van der Waals surface area contributed by atoms with E-state index < -0.39 is 0 Å². The predicted molar refractivity (Wildman–Crippen MR) is 230 cm³/mol. The second-order valence-electron chi connectivity index (χ2n) is 14.7. The van der Waals surface area contributed by atoms with E-state index in [9.17, 15) is 0 Å². The molecule has 1 aliphatic rings. The molecule has 0 unspecified atom stereocenters. The number of allylic oxidation sites excluding steroid dienone is 1. The molecule has 0 bridgehead atoms. The molecule has 9 aromatic carbocycles. The highest BCUT2D eigenvalue weighted by Gasteiger charge is 2.22. The van der Waals surface area contributed by atoms with Gasteiger partial charge in [-0.15, -0.1) is 0 Å². The Morgan fingerprint density at radius 3 is 1.87 bits per heavy atom. The second kappa shape index (κ2) is 12.2. The van der Waals surface area contributed by atoms with E-state index in [2.05, 4.69) is 177 Å². The Balaban J connectivity index is 1.04. The van der Waals surface area contributed by atoms with Crippen LogP contribution in [0.2, 0.25) is 0 Å². The number of benzene rings is 9. The summed E-state index contributed by atoms with van der Waals surface area (Å²) in [6, 6.07) is 60.2. The molecule has 1 heterocycles. The summed E-state index contributed by atoms with van der Waals surface area (Å²) < 4.78 is 6.41. The number of fused-ring (bicyclic) bond motifs is 8. The minimum absolute atomic E-state index is 0.926. The quantitative estimate of drug-likeness (QED) is 0.179. The van der Waals surface area contributed by atoms with Crippen LogP contribution in [-0.4, -0.2) is 0 Å². The number of aryl methyl sites for hydroxylation is 1. The number of hydrogen-bond acceptors (Lipinski definition) is 1. The molecule has 54 heavy (non-hydrogen) atoms. The van der Waals surface area contributed by atoms with Gasteiger partial charge in [0.25, 0.3) is 0 Å². The predicted octanol–water partition coefficient (Wildman–Crippen LogP) is 15.0. The molecule has 254 valence electrons. The molecule has 0 saturated carbocycles. The lowest BCUT2D eigenvalue weighted by Gasteiger charge is -2.24. The first-order valence-electron chi connectivity index (χ1n) is 19.0. The molecule has 1 nitrogen and oxygen atoms in total. The van der Waals surface area contributed by atoms with Gasteiger partial charge >= 0.3 is 0 Å². The highest BCUT2D eigenvalue weighted by Crippen LogP contribution is 2.46. The van der Waals surface area contributed by atoms with Gasteiger partial charge in [0, 0.05) is 16.2 Å². The lowest BCUT2D eigenvalue weighted by molar-refractivity contribution is 0.672. The first-order chi connectivity index (χ1) is 26.7. The molecule has 11 rings (SSSR count). The van der Waals surface area contributed by atoms with E-state index in [-0.39, 0.29) is 0 Å². The summed E-state index contributed by atoms with van der Waals surface area (Å²) >= 11 is 0. The Morgan fingerprint density at radius 1 is 0.444 bits per heavy atom. The van der Waals surface area contributed by atoms with Crippen LogP contribution in [0.25, 0.3) is 105 Å². The zero-order chi connectivity index (χ0) is 35.8. The number of hydrogen-bond donors (Lipinski definition) is 0. The van der Waals surface area contributed by atoms with Crippen molar-refractivity contribution in [2.75, 3.05) is 0 Å². The average molecular weight is 689 g/mol. The van der Waals surface area contributed by atoms with Gasteiger partial charge in [-0.1, -0.05) is 158 Å². The van der Waals surface area contributed by atoms with Crippen LogP contribution in [0, 0.1) is 6.92 Å². The fraction of sp³-hybridized carbons (Fsp3) is 0.0566. The van der Waals surface area contributed by atoms with Gasteiger partial charge in [0.15, 0.2) is 0 Å². The Hall–Kier alpha value is -6.70. The summed E-state index contributed by atoms with van der Waals surface area (Å²) in [7, 11) is 0. The van der Waals surface area contributed by atoms with Gasteiger partial charge < -0.3 is 4.42 Å². The third-order valence-electron chi connectivity index (χ3n) is 11.7. The fourth-order valence-corrected chi connectivity index (χ4v) is 9.07. The van der Waals surface area contributed by atoms with Crippen LogP contribution in [-0.2, 0) is 6.42 Å². The third kappa shape index (κ3) is 4.79. The highest BCUT2D eigenvalue weighted by atomic mass is 16.3. The van der Waals surface area contributed by atoms with Gasteiger partial charge in [-0.3, -0.25) is 0 Å². The fourth-order valence-electron chi connectivity index (χ4n) is 9.07. The molecule has 0 fully saturated rings. The Bertz CT molecular complexity index is 3140. The molecule has 0 amide bonds. The second-order valence-corrected chi connectivity index (χ2v) is 14.7. The van der Waals surface area contributed by atoms with Crippen molar-refractivity contribution >= 4 is 60.3 Å². The molecule has 0 spiro atoms. The third-order valence-corrected chi connectivity index (χ3v) is 11.7.